The molecule has 2 heterocycles. The first-order valence-corrected chi connectivity index (χ1v) is 11.3. The molecule has 1 aromatic heterocycles. The van der Waals surface area contributed by atoms with E-state index in [1.54, 1.807) is 52.7 Å². The number of methoxy groups -OCH3 is 4. The number of benzene rings is 2. The van der Waals surface area contributed by atoms with Crippen LogP contribution in [0.15, 0.2) is 40.9 Å². The molecule has 1 fully saturated rings. The smallest absolute Gasteiger partial charge is 0.241 e. The highest BCUT2D eigenvalue weighted by molar-refractivity contribution is 5.93. The van der Waals surface area contributed by atoms with E-state index in [1.165, 1.54) is 0 Å². The number of carbonyl (C=O) groups is 1. The van der Waals surface area contributed by atoms with E-state index in [1.807, 2.05) is 12.1 Å². The number of aromatic nitrogens is 2. The van der Waals surface area contributed by atoms with Gasteiger partial charge in [0.25, 0.3) is 0 Å². The maximum atomic E-state index is 12.9. The fraction of sp³-hybridized carbons (Fsp3) is 0.400. The van der Waals surface area contributed by atoms with Crippen LogP contribution in [0.4, 0.5) is 5.69 Å². The SMILES string of the molecule is COc1ccc(NC(=O)[C@H]2CCCN(Cc3nc(-c4ccc(OC)c(OC)c4)no3)C2)cc1OC. The Morgan fingerprint density at radius 1 is 1.00 bits per heavy atom. The van der Waals surface area contributed by atoms with Gasteiger partial charge in [0, 0.05) is 23.9 Å². The molecule has 0 bridgehead atoms. The predicted octanol–water partition coefficient (Wildman–Crippen LogP) is 3.62. The first-order valence-electron chi connectivity index (χ1n) is 11.3. The monoisotopic (exact) mass is 482 g/mol. The van der Waals surface area contributed by atoms with E-state index in [0.29, 0.717) is 53.5 Å². The molecule has 0 spiro atoms. The molecule has 1 aliphatic rings. The summed E-state index contributed by atoms with van der Waals surface area (Å²) in [6.45, 7) is 1.93. The van der Waals surface area contributed by atoms with Crippen molar-refractivity contribution in [3.63, 3.8) is 0 Å². The normalized spacial score (nSPS) is 15.9. The van der Waals surface area contributed by atoms with E-state index in [2.05, 4.69) is 20.4 Å². The van der Waals surface area contributed by atoms with Crippen molar-refractivity contribution >= 4 is 11.6 Å². The maximum absolute atomic E-state index is 12.9. The van der Waals surface area contributed by atoms with E-state index in [4.69, 9.17) is 23.5 Å². The second-order valence-electron chi connectivity index (χ2n) is 8.21. The van der Waals surface area contributed by atoms with Crippen LogP contribution >= 0.6 is 0 Å². The molecule has 4 rings (SSSR count). The predicted molar refractivity (Wildman–Crippen MR) is 129 cm³/mol. The molecule has 1 N–H and O–H groups in total. The summed E-state index contributed by atoms with van der Waals surface area (Å²) in [5.41, 5.74) is 1.43. The van der Waals surface area contributed by atoms with Gasteiger partial charge in [-0.15, -0.1) is 0 Å². The number of nitrogens with one attached hydrogen (secondary N) is 1. The number of hydrogen-bond donors (Lipinski definition) is 1. The minimum Gasteiger partial charge on any atom is -0.493 e. The third kappa shape index (κ3) is 5.65. The Labute approximate surface area is 204 Å². The van der Waals surface area contributed by atoms with Crippen molar-refractivity contribution in [2.24, 2.45) is 5.92 Å². The molecule has 0 saturated carbocycles. The molecular weight excluding hydrogens is 452 g/mol. The van der Waals surface area contributed by atoms with Crippen LogP contribution in [0.1, 0.15) is 18.7 Å². The summed E-state index contributed by atoms with van der Waals surface area (Å²) in [6.07, 6.45) is 1.72. The van der Waals surface area contributed by atoms with Crippen LogP contribution in [0.2, 0.25) is 0 Å². The standard InChI is InChI=1S/C25H30N4O6/c1-31-19-9-7-16(12-21(19)33-3)24-27-23(35-28-24)15-29-11-5-6-17(14-29)25(30)26-18-8-10-20(32-2)22(13-18)34-4/h7-10,12-13,17H,5-6,11,14-15H2,1-4H3,(H,26,30)/t17-/m0/s1. The molecule has 0 unspecified atom stereocenters. The summed E-state index contributed by atoms with van der Waals surface area (Å²) in [7, 11) is 6.31. The quantitative estimate of drug-likeness (QED) is 0.489. The van der Waals surface area contributed by atoms with Crippen molar-refractivity contribution in [2.45, 2.75) is 19.4 Å². The number of ether oxygens (including phenoxy) is 4. The topological polar surface area (TPSA) is 108 Å². The summed E-state index contributed by atoms with van der Waals surface area (Å²) in [5, 5.41) is 7.11. The lowest BCUT2D eigenvalue weighted by Crippen LogP contribution is -2.40. The van der Waals surface area contributed by atoms with Gasteiger partial charge in [-0.2, -0.15) is 4.98 Å². The molecule has 1 amide bonds. The average molecular weight is 483 g/mol. The second kappa shape index (κ2) is 11.1. The Morgan fingerprint density at radius 2 is 1.69 bits per heavy atom. The minimum atomic E-state index is -0.148. The summed E-state index contributed by atoms with van der Waals surface area (Å²) >= 11 is 0. The first kappa shape index (κ1) is 24.3. The van der Waals surface area contributed by atoms with Gasteiger partial charge in [-0.25, -0.2) is 0 Å². The van der Waals surface area contributed by atoms with Gasteiger partial charge in [-0.1, -0.05) is 5.16 Å². The average Bonchev–Trinajstić information content (AvgIpc) is 3.36. The third-order valence-electron chi connectivity index (χ3n) is 6.00. The van der Waals surface area contributed by atoms with Gasteiger partial charge >= 0.3 is 0 Å². The second-order valence-corrected chi connectivity index (χ2v) is 8.21. The summed E-state index contributed by atoms with van der Waals surface area (Å²) in [4.78, 5) is 19.6. The lowest BCUT2D eigenvalue weighted by atomic mass is 9.97. The first-order chi connectivity index (χ1) is 17.0. The van der Waals surface area contributed by atoms with Crippen LogP contribution in [0.5, 0.6) is 23.0 Å². The van der Waals surface area contributed by atoms with Gasteiger partial charge in [0.1, 0.15) is 0 Å². The fourth-order valence-corrected chi connectivity index (χ4v) is 4.17. The Hall–Kier alpha value is -3.79. The highest BCUT2D eigenvalue weighted by Gasteiger charge is 2.27. The molecule has 35 heavy (non-hydrogen) atoms. The molecule has 10 nitrogen and oxygen atoms in total. The molecule has 2 aromatic carbocycles. The third-order valence-corrected chi connectivity index (χ3v) is 6.00. The van der Waals surface area contributed by atoms with Crippen molar-refractivity contribution in [2.75, 3.05) is 46.8 Å². The molecule has 3 aromatic rings. The van der Waals surface area contributed by atoms with Gasteiger partial charge in [0.15, 0.2) is 23.0 Å². The highest BCUT2D eigenvalue weighted by Crippen LogP contribution is 2.32. The van der Waals surface area contributed by atoms with E-state index >= 15 is 0 Å². The Bertz CT molecular complexity index is 1160. The Kier molecular flexibility index (Phi) is 7.71. The zero-order valence-corrected chi connectivity index (χ0v) is 20.4. The van der Waals surface area contributed by atoms with Crippen molar-refractivity contribution < 1.29 is 28.3 Å². The number of piperidine rings is 1. The van der Waals surface area contributed by atoms with Crippen LogP contribution in [0.3, 0.4) is 0 Å². The Morgan fingerprint density at radius 3 is 2.40 bits per heavy atom. The van der Waals surface area contributed by atoms with Gasteiger partial charge in [-0.05, 0) is 49.7 Å². The molecule has 186 valence electrons. The van der Waals surface area contributed by atoms with E-state index < -0.39 is 0 Å². The van der Waals surface area contributed by atoms with Crippen LogP contribution in [0.25, 0.3) is 11.4 Å². The maximum Gasteiger partial charge on any atom is 0.241 e. The number of carbonyl (C=O) groups excluding carboxylic acids is 1. The lowest BCUT2D eigenvalue weighted by Gasteiger charge is -2.30. The number of nitrogens with zero attached hydrogens (tertiary/aromatic N) is 3. The minimum absolute atomic E-state index is 0.0292. The number of hydrogen-bond acceptors (Lipinski definition) is 9. The molecule has 1 aliphatic heterocycles. The van der Waals surface area contributed by atoms with E-state index in [-0.39, 0.29) is 11.8 Å². The zero-order valence-electron chi connectivity index (χ0n) is 20.4. The van der Waals surface area contributed by atoms with E-state index in [0.717, 1.165) is 24.9 Å². The summed E-state index contributed by atoms with van der Waals surface area (Å²) in [5.74, 6) is 3.19. The van der Waals surface area contributed by atoms with Crippen LogP contribution < -0.4 is 24.3 Å². The van der Waals surface area contributed by atoms with Crippen molar-refractivity contribution in [3.8, 4) is 34.4 Å². The summed E-state index contributed by atoms with van der Waals surface area (Å²) in [6, 6.07) is 10.8. The van der Waals surface area contributed by atoms with Crippen molar-refractivity contribution in [3.05, 3.63) is 42.3 Å². The van der Waals surface area contributed by atoms with Gasteiger partial charge in [-0.3, -0.25) is 9.69 Å². The Balaban J connectivity index is 1.38. The largest absolute Gasteiger partial charge is 0.493 e. The highest BCUT2D eigenvalue weighted by atomic mass is 16.5. The molecule has 1 saturated heterocycles. The summed E-state index contributed by atoms with van der Waals surface area (Å²) < 4.78 is 26.7. The fourth-order valence-electron chi connectivity index (χ4n) is 4.17. The van der Waals surface area contributed by atoms with E-state index in [9.17, 15) is 4.79 Å². The number of likely N-dealkylation sites (tertiary alicyclic amines) is 1. The molecular formula is C25H30N4O6. The number of anilines is 1. The number of rotatable bonds is 9. The molecule has 0 radical (unpaired) electrons. The molecule has 1 atom stereocenters. The van der Waals surface area contributed by atoms with Gasteiger partial charge in [0.2, 0.25) is 17.6 Å². The van der Waals surface area contributed by atoms with Crippen LogP contribution in [-0.4, -0.2) is 62.5 Å². The van der Waals surface area contributed by atoms with Crippen LogP contribution in [-0.2, 0) is 11.3 Å². The molecule has 10 heteroatoms. The van der Waals surface area contributed by atoms with Gasteiger partial charge in [0.05, 0.1) is 40.9 Å². The molecule has 0 aliphatic carbocycles. The zero-order chi connectivity index (χ0) is 24.8. The number of amides is 1. The van der Waals surface area contributed by atoms with Crippen molar-refractivity contribution in [1.29, 1.82) is 0 Å². The van der Waals surface area contributed by atoms with Gasteiger partial charge < -0.3 is 28.8 Å². The van der Waals surface area contributed by atoms with Crippen LogP contribution in [0, 0.1) is 5.92 Å². The van der Waals surface area contributed by atoms with Crippen molar-refractivity contribution in [1.82, 2.24) is 15.0 Å². The lowest BCUT2D eigenvalue weighted by molar-refractivity contribution is -0.121.